The first-order valence-electron chi connectivity index (χ1n) is 6.82. The minimum atomic E-state index is 0.00245. The lowest BCUT2D eigenvalue weighted by Crippen LogP contribution is -2.22. The molecule has 2 aromatic heterocycles. The number of benzene rings is 2. The quantitative estimate of drug-likeness (QED) is 0.531. The van der Waals surface area contributed by atoms with Gasteiger partial charge < -0.3 is 0 Å². The van der Waals surface area contributed by atoms with E-state index in [-0.39, 0.29) is 5.56 Å². The van der Waals surface area contributed by atoms with Crippen molar-refractivity contribution in [1.82, 2.24) is 9.38 Å². The fourth-order valence-corrected chi connectivity index (χ4v) is 3.86. The van der Waals surface area contributed by atoms with Crippen LogP contribution in [0.4, 0.5) is 0 Å². The molecule has 22 heavy (non-hydrogen) atoms. The molecular formula is C17H12N2OS2. The second kappa shape index (κ2) is 5.26. The van der Waals surface area contributed by atoms with Crippen LogP contribution >= 0.6 is 23.1 Å². The van der Waals surface area contributed by atoms with Gasteiger partial charge >= 0.3 is 0 Å². The van der Waals surface area contributed by atoms with Crippen LogP contribution in [0.15, 0.2) is 58.2 Å². The Labute approximate surface area is 134 Å². The van der Waals surface area contributed by atoms with Crippen LogP contribution in [-0.2, 0) is 0 Å². The molecule has 0 saturated heterocycles. The Bertz CT molecular complexity index is 1080. The normalized spacial score (nSPS) is 12.5. The van der Waals surface area contributed by atoms with Crippen molar-refractivity contribution in [2.75, 3.05) is 6.26 Å². The fraction of sp³-hybridized carbons (Fsp3) is 0.0588. The molecule has 2 heterocycles. The zero-order chi connectivity index (χ0) is 15.1. The first kappa shape index (κ1) is 13.5. The van der Waals surface area contributed by atoms with Crippen LogP contribution in [0.2, 0.25) is 0 Å². The topological polar surface area (TPSA) is 34.4 Å². The Morgan fingerprint density at radius 3 is 2.68 bits per heavy atom. The fourth-order valence-electron chi connectivity index (χ4n) is 2.46. The second-order valence-electron chi connectivity index (χ2n) is 4.91. The highest BCUT2D eigenvalue weighted by atomic mass is 32.2. The average Bonchev–Trinajstić information content (AvgIpc) is 3.05. The molecule has 0 bridgehead atoms. The molecule has 0 N–H and O–H groups in total. The maximum atomic E-state index is 12.6. The first-order chi connectivity index (χ1) is 10.8. The molecule has 2 aromatic carbocycles. The molecule has 0 aliphatic rings. The van der Waals surface area contributed by atoms with E-state index in [0.29, 0.717) is 4.53 Å². The summed E-state index contributed by atoms with van der Waals surface area (Å²) in [5, 5.41) is 0. The summed E-state index contributed by atoms with van der Waals surface area (Å²) in [7, 11) is 0. The van der Waals surface area contributed by atoms with E-state index in [1.54, 1.807) is 16.2 Å². The minimum absolute atomic E-state index is 0.00245. The molecule has 0 radical (unpaired) electrons. The van der Waals surface area contributed by atoms with Crippen molar-refractivity contribution in [2.45, 2.75) is 4.90 Å². The highest BCUT2D eigenvalue weighted by Crippen LogP contribution is 2.17. The smallest absolute Gasteiger partial charge is 0.267 e. The summed E-state index contributed by atoms with van der Waals surface area (Å²) in [6, 6.07) is 15.9. The largest absolute Gasteiger partial charge is 0.274 e. The maximum Gasteiger partial charge on any atom is 0.274 e. The Kier molecular flexibility index (Phi) is 3.24. The van der Waals surface area contributed by atoms with Gasteiger partial charge in [-0.1, -0.05) is 35.6 Å². The number of aromatic nitrogens is 2. The molecule has 0 aliphatic carbocycles. The summed E-state index contributed by atoms with van der Waals surface area (Å²) >= 11 is 3.14. The Morgan fingerprint density at radius 1 is 1.14 bits per heavy atom. The molecule has 0 aliphatic heterocycles. The van der Waals surface area contributed by atoms with E-state index < -0.39 is 0 Å². The third kappa shape index (κ3) is 2.14. The van der Waals surface area contributed by atoms with Gasteiger partial charge in [0.2, 0.25) is 0 Å². The van der Waals surface area contributed by atoms with Crippen LogP contribution in [0.3, 0.4) is 0 Å². The van der Waals surface area contributed by atoms with E-state index in [9.17, 15) is 4.79 Å². The summed E-state index contributed by atoms with van der Waals surface area (Å²) in [5.41, 5.74) is 2.77. The molecule has 0 saturated carbocycles. The molecule has 0 amide bonds. The number of imidazole rings is 1. The van der Waals surface area contributed by atoms with Crippen molar-refractivity contribution in [3.05, 3.63) is 69.0 Å². The van der Waals surface area contributed by atoms with E-state index in [1.807, 2.05) is 48.7 Å². The average molecular weight is 324 g/mol. The zero-order valence-electron chi connectivity index (χ0n) is 11.8. The van der Waals surface area contributed by atoms with Gasteiger partial charge in [0.05, 0.1) is 15.6 Å². The molecule has 4 rings (SSSR count). The van der Waals surface area contributed by atoms with Gasteiger partial charge in [0.15, 0.2) is 4.96 Å². The Hall–Kier alpha value is -2.11. The van der Waals surface area contributed by atoms with E-state index in [2.05, 4.69) is 17.1 Å². The summed E-state index contributed by atoms with van der Waals surface area (Å²) in [4.78, 5) is 19.1. The molecule has 3 nitrogen and oxygen atoms in total. The summed E-state index contributed by atoms with van der Waals surface area (Å²) in [5.74, 6) is 0. The van der Waals surface area contributed by atoms with E-state index in [1.165, 1.54) is 16.2 Å². The number of rotatable bonds is 2. The zero-order valence-corrected chi connectivity index (χ0v) is 13.4. The van der Waals surface area contributed by atoms with Crippen LogP contribution < -0.4 is 10.1 Å². The van der Waals surface area contributed by atoms with Gasteiger partial charge in [-0.2, -0.15) is 0 Å². The van der Waals surface area contributed by atoms with E-state index in [4.69, 9.17) is 0 Å². The minimum Gasteiger partial charge on any atom is -0.267 e. The Balaban J connectivity index is 1.93. The molecular weight excluding hydrogens is 312 g/mol. The predicted octanol–water partition coefficient (Wildman–Crippen LogP) is 3.18. The van der Waals surface area contributed by atoms with Gasteiger partial charge in [0.25, 0.3) is 5.56 Å². The third-order valence-corrected chi connectivity index (χ3v) is 5.27. The lowest BCUT2D eigenvalue weighted by atomic mass is 10.2. The monoisotopic (exact) mass is 324 g/mol. The first-order valence-corrected chi connectivity index (χ1v) is 8.86. The van der Waals surface area contributed by atoms with Crippen LogP contribution in [0.5, 0.6) is 0 Å². The lowest BCUT2D eigenvalue weighted by molar-refractivity contribution is 1.19. The molecule has 4 aromatic rings. The van der Waals surface area contributed by atoms with Crippen molar-refractivity contribution >= 4 is 45.2 Å². The number of hydrogen-bond donors (Lipinski definition) is 0. The molecule has 0 unspecified atom stereocenters. The number of nitrogens with zero attached hydrogens (tertiary/aromatic N) is 2. The molecule has 0 atom stereocenters. The highest BCUT2D eigenvalue weighted by Gasteiger charge is 2.10. The number of para-hydroxylation sites is 2. The van der Waals surface area contributed by atoms with Crippen LogP contribution in [-0.4, -0.2) is 15.6 Å². The third-order valence-electron chi connectivity index (χ3n) is 3.56. The maximum absolute atomic E-state index is 12.6. The number of thioether (sulfide) groups is 1. The number of thiazole rings is 1. The molecule has 0 fully saturated rings. The van der Waals surface area contributed by atoms with Gasteiger partial charge in [-0.3, -0.25) is 4.79 Å². The van der Waals surface area contributed by atoms with Gasteiger partial charge in [-0.15, -0.1) is 11.8 Å². The lowest BCUT2D eigenvalue weighted by Gasteiger charge is -1.95. The van der Waals surface area contributed by atoms with E-state index >= 15 is 0 Å². The van der Waals surface area contributed by atoms with Gasteiger partial charge in [0, 0.05) is 4.90 Å². The molecule has 108 valence electrons. The van der Waals surface area contributed by atoms with Crippen molar-refractivity contribution in [3.63, 3.8) is 0 Å². The van der Waals surface area contributed by atoms with E-state index in [0.717, 1.165) is 21.6 Å². The standard InChI is InChI=1S/C17H12N2OS2/c1-21-12-8-6-11(7-9-12)10-15-16(20)19-14-5-3-2-4-13(14)18-17(19)22-15/h2-10H,1H3/b15-10+. The SMILES string of the molecule is CSc1ccc(/C=c2/sc3nc4ccccc4n3c2=O)cc1. The van der Waals surface area contributed by atoms with Gasteiger partial charge in [-0.05, 0) is 42.2 Å². The van der Waals surface area contributed by atoms with Crippen molar-refractivity contribution in [2.24, 2.45) is 0 Å². The van der Waals surface area contributed by atoms with Crippen LogP contribution in [0.25, 0.3) is 22.1 Å². The van der Waals surface area contributed by atoms with Crippen LogP contribution in [0, 0.1) is 0 Å². The van der Waals surface area contributed by atoms with Crippen molar-refractivity contribution in [1.29, 1.82) is 0 Å². The van der Waals surface area contributed by atoms with Crippen molar-refractivity contribution in [3.8, 4) is 0 Å². The number of fused-ring (bicyclic) bond motifs is 3. The summed E-state index contributed by atoms with van der Waals surface area (Å²) in [6.07, 6.45) is 3.98. The Morgan fingerprint density at radius 2 is 1.91 bits per heavy atom. The molecule has 0 spiro atoms. The second-order valence-corrected chi connectivity index (χ2v) is 6.80. The van der Waals surface area contributed by atoms with Gasteiger partial charge in [-0.25, -0.2) is 9.38 Å². The molecule has 5 heteroatoms. The van der Waals surface area contributed by atoms with Crippen LogP contribution in [0.1, 0.15) is 5.56 Å². The highest BCUT2D eigenvalue weighted by molar-refractivity contribution is 7.98. The van der Waals surface area contributed by atoms with Gasteiger partial charge in [0.1, 0.15) is 0 Å². The summed E-state index contributed by atoms with van der Waals surface area (Å²) in [6.45, 7) is 0. The van der Waals surface area contributed by atoms with Crippen molar-refractivity contribution < 1.29 is 0 Å². The predicted molar refractivity (Wildman–Crippen MR) is 93.9 cm³/mol. The summed E-state index contributed by atoms with van der Waals surface area (Å²) < 4.78 is 2.41. The number of hydrogen-bond acceptors (Lipinski definition) is 4.